The van der Waals surface area contributed by atoms with Crippen LogP contribution in [0.4, 0.5) is 0 Å². The lowest BCUT2D eigenvalue weighted by molar-refractivity contribution is -0.133. The topological polar surface area (TPSA) is 79.5 Å². The first-order valence-corrected chi connectivity index (χ1v) is 6.81. The lowest BCUT2D eigenvalue weighted by Gasteiger charge is -2.26. The van der Waals surface area contributed by atoms with Gasteiger partial charge in [-0.3, -0.25) is 10.1 Å². The SMILES string of the molecule is COC1CN(C(=O)C2Cc3nc[nH]c3CN2)CC1OC. The summed E-state index contributed by atoms with van der Waals surface area (Å²) >= 11 is 0. The van der Waals surface area contributed by atoms with Crippen LogP contribution in [0.15, 0.2) is 6.33 Å². The van der Waals surface area contributed by atoms with Crippen molar-refractivity contribution in [2.45, 2.75) is 31.2 Å². The predicted octanol–water partition coefficient (Wildman–Crippen LogP) is -0.704. The third-order valence-electron chi connectivity index (χ3n) is 4.16. The maximum atomic E-state index is 12.6. The van der Waals surface area contributed by atoms with Crippen LogP contribution in [0.3, 0.4) is 0 Å². The highest BCUT2D eigenvalue weighted by Crippen LogP contribution is 2.19. The van der Waals surface area contributed by atoms with Crippen LogP contribution in [-0.2, 0) is 27.2 Å². The Morgan fingerprint density at radius 3 is 2.70 bits per heavy atom. The molecule has 110 valence electrons. The zero-order valence-electron chi connectivity index (χ0n) is 11.8. The molecule has 1 aromatic rings. The summed E-state index contributed by atoms with van der Waals surface area (Å²) in [5.74, 6) is 0.0975. The van der Waals surface area contributed by atoms with Gasteiger partial charge in [0, 0.05) is 40.3 Å². The van der Waals surface area contributed by atoms with Crippen LogP contribution in [-0.4, -0.2) is 66.3 Å². The van der Waals surface area contributed by atoms with Crippen molar-refractivity contribution in [2.75, 3.05) is 27.3 Å². The average Bonchev–Trinajstić information content (AvgIpc) is 3.11. The number of ether oxygens (including phenoxy) is 2. The number of nitrogens with one attached hydrogen (secondary N) is 2. The third kappa shape index (κ3) is 2.32. The third-order valence-corrected chi connectivity index (χ3v) is 4.16. The van der Waals surface area contributed by atoms with E-state index in [2.05, 4.69) is 15.3 Å². The van der Waals surface area contributed by atoms with Gasteiger partial charge in [-0.2, -0.15) is 0 Å². The molecule has 0 spiro atoms. The van der Waals surface area contributed by atoms with Crippen molar-refractivity contribution in [1.29, 1.82) is 0 Å². The minimum atomic E-state index is -0.209. The average molecular weight is 280 g/mol. The van der Waals surface area contributed by atoms with E-state index < -0.39 is 0 Å². The normalized spacial score (nSPS) is 29.5. The number of amides is 1. The van der Waals surface area contributed by atoms with Crippen LogP contribution < -0.4 is 5.32 Å². The molecule has 1 amide bonds. The number of hydrogen-bond acceptors (Lipinski definition) is 5. The summed E-state index contributed by atoms with van der Waals surface area (Å²) in [6.45, 7) is 1.82. The number of imidazole rings is 1. The van der Waals surface area contributed by atoms with Crippen molar-refractivity contribution in [3.05, 3.63) is 17.7 Å². The lowest BCUT2D eigenvalue weighted by Crippen LogP contribution is -2.49. The largest absolute Gasteiger partial charge is 0.377 e. The molecule has 1 saturated heterocycles. The number of aromatic amines is 1. The number of likely N-dealkylation sites (tertiary alicyclic amines) is 1. The molecule has 3 unspecified atom stereocenters. The van der Waals surface area contributed by atoms with E-state index in [4.69, 9.17) is 9.47 Å². The molecule has 0 radical (unpaired) electrons. The molecule has 0 bridgehead atoms. The zero-order valence-corrected chi connectivity index (χ0v) is 11.8. The van der Waals surface area contributed by atoms with E-state index in [1.165, 1.54) is 0 Å². The number of nitrogens with zero attached hydrogens (tertiary/aromatic N) is 2. The second-order valence-electron chi connectivity index (χ2n) is 5.26. The number of carbonyl (C=O) groups excluding carboxylic acids is 1. The van der Waals surface area contributed by atoms with Crippen LogP contribution in [0.2, 0.25) is 0 Å². The minimum Gasteiger partial charge on any atom is -0.377 e. The Balaban J connectivity index is 1.66. The number of H-pyrrole nitrogens is 1. The highest BCUT2D eigenvalue weighted by atomic mass is 16.5. The Morgan fingerprint density at radius 1 is 1.35 bits per heavy atom. The molecule has 0 aliphatic carbocycles. The van der Waals surface area contributed by atoms with Gasteiger partial charge in [-0.15, -0.1) is 0 Å². The molecule has 3 heterocycles. The summed E-state index contributed by atoms with van der Waals surface area (Å²) < 4.78 is 10.7. The van der Waals surface area contributed by atoms with Gasteiger partial charge in [0.1, 0.15) is 12.2 Å². The van der Waals surface area contributed by atoms with E-state index in [1.807, 2.05) is 4.90 Å². The fraction of sp³-hybridized carbons (Fsp3) is 0.692. The molecular formula is C13H20N4O3. The molecule has 2 aliphatic rings. The van der Waals surface area contributed by atoms with Crippen molar-refractivity contribution in [3.63, 3.8) is 0 Å². The van der Waals surface area contributed by atoms with Crippen LogP contribution in [0, 0.1) is 0 Å². The Bertz CT molecular complexity index is 478. The Labute approximate surface area is 117 Å². The minimum absolute atomic E-state index is 0.0477. The summed E-state index contributed by atoms with van der Waals surface area (Å²) in [5, 5.41) is 3.26. The van der Waals surface area contributed by atoms with Gasteiger partial charge in [-0.1, -0.05) is 0 Å². The molecule has 3 rings (SSSR count). The number of rotatable bonds is 3. The quantitative estimate of drug-likeness (QED) is 0.765. The Hall–Kier alpha value is -1.44. The molecule has 7 heteroatoms. The molecule has 20 heavy (non-hydrogen) atoms. The lowest BCUT2D eigenvalue weighted by atomic mass is 10.0. The van der Waals surface area contributed by atoms with Crippen LogP contribution in [0.25, 0.3) is 0 Å². The van der Waals surface area contributed by atoms with Gasteiger partial charge in [-0.05, 0) is 0 Å². The second kappa shape index (κ2) is 5.51. The van der Waals surface area contributed by atoms with Crippen molar-refractivity contribution in [2.24, 2.45) is 0 Å². The van der Waals surface area contributed by atoms with E-state index >= 15 is 0 Å². The molecule has 0 aromatic carbocycles. The number of hydrogen-bond donors (Lipinski definition) is 2. The summed E-state index contributed by atoms with van der Waals surface area (Å²) in [7, 11) is 3.30. The summed E-state index contributed by atoms with van der Waals surface area (Å²) in [6.07, 6.45) is 2.21. The number of aromatic nitrogens is 2. The van der Waals surface area contributed by atoms with E-state index in [1.54, 1.807) is 20.5 Å². The van der Waals surface area contributed by atoms with E-state index in [-0.39, 0.29) is 24.2 Å². The molecule has 7 nitrogen and oxygen atoms in total. The first-order chi connectivity index (χ1) is 9.72. The number of carbonyl (C=O) groups is 1. The monoisotopic (exact) mass is 280 g/mol. The molecule has 1 aromatic heterocycles. The van der Waals surface area contributed by atoms with Crippen molar-refractivity contribution < 1.29 is 14.3 Å². The van der Waals surface area contributed by atoms with E-state index in [9.17, 15) is 4.79 Å². The van der Waals surface area contributed by atoms with Crippen LogP contribution in [0.5, 0.6) is 0 Å². The standard InChI is InChI=1S/C13H20N4O3/c1-19-11-5-17(6-12(11)20-2)13(18)9-3-8-10(4-14-9)16-7-15-8/h7,9,11-12,14H,3-6H2,1-2H3,(H,15,16). The first-order valence-electron chi connectivity index (χ1n) is 6.81. The molecular weight excluding hydrogens is 260 g/mol. The maximum absolute atomic E-state index is 12.6. The highest BCUT2D eigenvalue weighted by molar-refractivity contribution is 5.83. The smallest absolute Gasteiger partial charge is 0.240 e. The van der Waals surface area contributed by atoms with Gasteiger partial charge >= 0.3 is 0 Å². The zero-order chi connectivity index (χ0) is 14.1. The van der Waals surface area contributed by atoms with Gasteiger partial charge < -0.3 is 19.4 Å². The van der Waals surface area contributed by atoms with Crippen molar-refractivity contribution in [1.82, 2.24) is 20.2 Å². The molecule has 2 N–H and O–H groups in total. The van der Waals surface area contributed by atoms with E-state index in [0.29, 0.717) is 26.1 Å². The molecule has 3 atom stereocenters. The summed E-state index contributed by atoms with van der Waals surface area (Å²) in [5.41, 5.74) is 2.05. The van der Waals surface area contributed by atoms with Crippen molar-refractivity contribution >= 4 is 5.91 Å². The fourth-order valence-electron chi connectivity index (χ4n) is 2.94. The second-order valence-corrected chi connectivity index (χ2v) is 5.26. The predicted molar refractivity (Wildman–Crippen MR) is 71.1 cm³/mol. The molecule has 0 saturated carbocycles. The molecule has 1 fully saturated rings. The molecule has 2 aliphatic heterocycles. The van der Waals surface area contributed by atoms with Crippen LogP contribution >= 0.6 is 0 Å². The first kappa shape index (κ1) is 13.5. The van der Waals surface area contributed by atoms with Gasteiger partial charge in [0.15, 0.2) is 0 Å². The van der Waals surface area contributed by atoms with Gasteiger partial charge in [0.2, 0.25) is 5.91 Å². The van der Waals surface area contributed by atoms with Crippen LogP contribution in [0.1, 0.15) is 11.4 Å². The fourth-order valence-corrected chi connectivity index (χ4v) is 2.94. The Morgan fingerprint density at radius 2 is 2.05 bits per heavy atom. The van der Waals surface area contributed by atoms with Gasteiger partial charge in [0.05, 0.1) is 23.8 Å². The number of methoxy groups -OCH3 is 2. The van der Waals surface area contributed by atoms with Crippen molar-refractivity contribution in [3.8, 4) is 0 Å². The Kier molecular flexibility index (Phi) is 3.73. The summed E-state index contributed by atoms with van der Waals surface area (Å²) in [4.78, 5) is 21.7. The van der Waals surface area contributed by atoms with Gasteiger partial charge in [-0.25, -0.2) is 4.98 Å². The number of fused-ring (bicyclic) bond motifs is 1. The maximum Gasteiger partial charge on any atom is 0.240 e. The highest BCUT2D eigenvalue weighted by Gasteiger charge is 2.38. The van der Waals surface area contributed by atoms with E-state index in [0.717, 1.165) is 11.4 Å². The summed E-state index contributed by atoms with van der Waals surface area (Å²) in [6, 6.07) is -0.209. The van der Waals surface area contributed by atoms with Gasteiger partial charge in [0.25, 0.3) is 0 Å².